The third kappa shape index (κ3) is 5.07. The average molecular weight is 348 g/mol. The monoisotopic (exact) mass is 348 g/mol. The minimum Gasteiger partial charge on any atom is -0.361 e. The van der Waals surface area contributed by atoms with E-state index >= 15 is 0 Å². The number of nitrogens with zero attached hydrogens (tertiary/aromatic N) is 3. The molecule has 0 saturated heterocycles. The number of amides is 1. The van der Waals surface area contributed by atoms with Gasteiger partial charge in [-0.1, -0.05) is 5.16 Å². The van der Waals surface area contributed by atoms with Gasteiger partial charge in [0.25, 0.3) is 5.91 Å². The zero-order chi connectivity index (χ0) is 17.5. The number of aryl methyl sites for hydroxylation is 2. The highest BCUT2D eigenvalue weighted by Gasteiger charge is 2.15. The van der Waals surface area contributed by atoms with Crippen LogP contribution < -0.4 is 5.32 Å². The summed E-state index contributed by atoms with van der Waals surface area (Å²) in [5.74, 6) is 1.41. The molecule has 0 bridgehead atoms. The summed E-state index contributed by atoms with van der Waals surface area (Å²) in [6.07, 6.45) is 2.62. The van der Waals surface area contributed by atoms with Gasteiger partial charge in [0.15, 0.2) is 0 Å². The van der Waals surface area contributed by atoms with Crippen LogP contribution in [0.4, 0.5) is 0 Å². The SMILES string of the molecule is Cc1noc(C)c1CSc1ncccc1C(=O)NCCCN(C)C. The van der Waals surface area contributed by atoms with Gasteiger partial charge in [-0.2, -0.15) is 0 Å². The second kappa shape index (κ2) is 8.84. The molecule has 130 valence electrons. The molecule has 0 spiro atoms. The Kier molecular flexibility index (Phi) is 6.81. The Bertz CT molecular complexity index is 665. The first-order valence-electron chi connectivity index (χ1n) is 7.91. The van der Waals surface area contributed by atoms with E-state index in [0.29, 0.717) is 17.9 Å². The number of pyridine rings is 1. The van der Waals surface area contributed by atoms with Gasteiger partial charge in [0.2, 0.25) is 0 Å². The highest BCUT2D eigenvalue weighted by atomic mass is 32.2. The number of hydrogen-bond acceptors (Lipinski definition) is 6. The first kappa shape index (κ1) is 18.5. The number of aromatic nitrogens is 2. The molecule has 7 heteroatoms. The molecular formula is C17H24N4O2S. The summed E-state index contributed by atoms with van der Waals surface area (Å²) in [7, 11) is 4.04. The van der Waals surface area contributed by atoms with Crippen LogP contribution in [0.25, 0.3) is 0 Å². The summed E-state index contributed by atoms with van der Waals surface area (Å²) in [5.41, 5.74) is 2.55. The molecule has 1 N–H and O–H groups in total. The number of rotatable bonds is 8. The summed E-state index contributed by atoms with van der Waals surface area (Å²) in [4.78, 5) is 18.9. The zero-order valence-electron chi connectivity index (χ0n) is 14.6. The van der Waals surface area contributed by atoms with Gasteiger partial charge in [0.05, 0.1) is 11.3 Å². The third-order valence-corrected chi connectivity index (χ3v) is 4.65. The molecule has 0 saturated carbocycles. The van der Waals surface area contributed by atoms with E-state index in [2.05, 4.69) is 20.4 Å². The van der Waals surface area contributed by atoms with Gasteiger partial charge in [0.1, 0.15) is 10.8 Å². The standard InChI is InChI=1S/C17H24N4O2S/c1-12-15(13(2)23-20-12)11-24-17-14(7-5-8-19-17)16(22)18-9-6-10-21(3)4/h5,7-8H,6,9-11H2,1-4H3,(H,18,22). The Morgan fingerprint density at radius 3 is 2.83 bits per heavy atom. The smallest absolute Gasteiger partial charge is 0.254 e. The lowest BCUT2D eigenvalue weighted by Crippen LogP contribution is -2.27. The van der Waals surface area contributed by atoms with Crippen LogP contribution in [-0.4, -0.2) is 48.1 Å². The number of carbonyl (C=O) groups is 1. The minimum absolute atomic E-state index is 0.0804. The van der Waals surface area contributed by atoms with Crippen molar-refractivity contribution in [2.75, 3.05) is 27.2 Å². The molecule has 24 heavy (non-hydrogen) atoms. The Morgan fingerprint density at radius 2 is 2.17 bits per heavy atom. The number of thioether (sulfide) groups is 1. The normalized spacial score (nSPS) is 11.0. The molecule has 2 aromatic heterocycles. The first-order valence-corrected chi connectivity index (χ1v) is 8.90. The second-order valence-corrected chi connectivity index (χ2v) is 6.82. The minimum atomic E-state index is -0.0804. The van der Waals surface area contributed by atoms with Gasteiger partial charge < -0.3 is 14.7 Å². The lowest BCUT2D eigenvalue weighted by molar-refractivity contribution is 0.0948. The largest absolute Gasteiger partial charge is 0.361 e. The molecule has 1 amide bonds. The molecule has 0 aromatic carbocycles. The lowest BCUT2D eigenvalue weighted by atomic mass is 10.2. The molecule has 0 atom stereocenters. The number of hydrogen-bond donors (Lipinski definition) is 1. The van der Waals surface area contributed by atoms with Crippen molar-refractivity contribution in [1.29, 1.82) is 0 Å². The van der Waals surface area contributed by atoms with Crippen LogP contribution in [0.15, 0.2) is 27.9 Å². The molecule has 0 radical (unpaired) electrons. The highest BCUT2D eigenvalue weighted by Crippen LogP contribution is 2.27. The Labute approximate surface area is 147 Å². The Morgan fingerprint density at radius 1 is 1.38 bits per heavy atom. The van der Waals surface area contributed by atoms with E-state index < -0.39 is 0 Å². The quantitative estimate of drug-likeness (QED) is 0.584. The summed E-state index contributed by atoms with van der Waals surface area (Å²) in [5, 5.41) is 7.64. The molecule has 2 aromatic rings. The van der Waals surface area contributed by atoms with Gasteiger partial charge in [-0.3, -0.25) is 4.79 Å². The fraction of sp³-hybridized carbons (Fsp3) is 0.471. The Balaban J connectivity index is 1.98. The van der Waals surface area contributed by atoms with Crippen molar-refractivity contribution in [3.05, 3.63) is 40.9 Å². The summed E-state index contributed by atoms with van der Waals surface area (Å²) >= 11 is 1.53. The molecule has 2 heterocycles. The van der Waals surface area contributed by atoms with Crippen LogP contribution in [0.5, 0.6) is 0 Å². The molecule has 0 aliphatic carbocycles. The fourth-order valence-corrected chi connectivity index (χ4v) is 3.36. The molecular weight excluding hydrogens is 324 g/mol. The van der Waals surface area contributed by atoms with Gasteiger partial charge in [-0.15, -0.1) is 11.8 Å². The molecule has 0 aliphatic heterocycles. The average Bonchev–Trinajstić information content (AvgIpc) is 2.88. The van der Waals surface area contributed by atoms with Crippen molar-refractivity contribution in [3.63, 3.8) is 0 Å². The van der Waals surface area contributed by atoms with E-state index in [4.69, 9.17) is 4.52 Å². The van der Waals surface area contributed by atoms with Gasteiger partial charge in [0, 0.05) is 24.1 Å². The predicted octanol–water partition coefficient (Wildman–Crippen LogP) is 2.66. The maximum atomic E-state index is 12.4. The predicted molar refractivity (Wildman–Crippen MR) is 95.3 cm³/mol. The van der Waals surface area contributed by atoms with Crippen LogP contribution in [0.1, 0.15) is 33.8 Å². The highest BCUT2D eigenvalue weighted by molar-refractivity contribution is 7.98. The first-order chi connectivity index (χ1) is 11.5. The van der Waals surface area contributed by atoms with E-state index in [-0.39, 0.29) is 5.91 Å². The molecule has 0 aliphatic rings. The van der Waals surface area contributed by atoms with Gasteiger partial charge in [-0.25, -0.2) is 4.98 Å². The maximum absolute atomic E-state index is 12.4. The van der Waals surface area contributed by atoms with Crippen LogP contribution in [0.3, 0.4) is 0 Å². The number of carbonyl (C=O) groups excluding carboxylic acids is 1. The van der Waals surface area contributed by atoms with Crippen molar-refractivity contribution in [2.45, 2.75) is 31.0 Å². The zero-order valence-corrected chi connectivity index (χ0v) is 15.4. The van der Waals surface area contributed by atoms with Gasteiger partial charge >= 0.3 is 0 Å². The molecule has 0 fully saturated rings. The summed E-state index contributed by atoms with van der Waals surface area (Å²) in [6.45, 7) is 5.41. The van der Waals surface area contributed by atoms with Crippen molar-refractivity contribution < 1.29 is 9.32 Å². The summed E-state index contributed by atoms with van der Waals surface area (Å²) < 4.78 is 5.18. The second-order valence-electron chi connectivity index (χ2n) is 5.86. The topological polar surface area (TPSA) is 71.3 Å². The van der Waals surface area contributed by atoms with Crippen molar-refractivity contribution in [3.8, 4) is 0 Å². The Hall–Kier alpha value is -1.86. The molecule has 2 rings (SSSR count). The van der Waals surface area contributed by atoms with Gasteiger partial charge in [-0.05, 0) is 53.0 Å². The third-order valence-electron chi connectivity index (χ3n) is 3.62. The van der Waals surface area contributed by atoms with E-state index in [1.807, 2.05) is 34.0 Å². The van der Waals surface area contributed by atoms with Crippen LogP contribution in [0, 0.1) is 13.8 Å². The maximum Gasteiger partial charge on any atom is 0.254 e. The van der Waals surface area contributed by atoms with Crippen LogP contribution in [-0.2, 0) is 5.75 Å². The van der Waals surface area contributed by atoms with Crippen LogP contribution >= 0.6 is 11.8 Å². The van der Waals surface area contributed by atoms with Crippen molar-refractivity contribution in [2.24, 2.45) is 0 Å². The van der Waals surface area contributed by atoms with Crippen molar-refractivity contribution in [1.82, 2.24) is 20.4 Å². The van der Waals surface area contributed by atoms with E-state index in [9.17, 15) is 4.79 Å². The molecule has 0 unspecified atom stereocenters. The van der Waals surface area contributed by atoms with E-state index in [1.54, 1.807) is 12.3 Å². The number of nitrogens with one attached hydrogen (secondary N) is 1. The lowest BCUT2D eigenvalue weighted by Gasteiger charge is -2.11. The fourth-order valence-electron chi connectivity index (χ4n) is 2.22. The summed E-state index contributed by atoms with van der Waals surface area (Å²) in [6, 6.07) is 3.60. The molecule has 6 nitrogen and oxygen atoms in total. The van der Waals surface area contributed by atoms with E-state index in [0.717, 1.165) is 35.0 Å². The van der Waals surface area contributed by atoms with E-state index in [1.165, 1.54) is 11.8 Å². The van der Waals surface area contributed by atoms with Crippen LogP contribution in [0.2, 0.25) is 0 Å². The van der Waals surface area contributed by atoms with Crippen molar-refractivity contribution >= 4 is 17.7 Å².